The third-order valence-electron chi connectivity index (χ3n) is 3.35. The number of nitrogens with two attached hydrogens (primary N) is 1. The van der Waals surface area contributed by atoms with Gasteiger partial charge >= 0.3 is 0 Å². The number of amides is 1. The molecule has 0 bridgehead atoms. The summed E-state index contributed by atoms with van der Waals surface area (Å²) >= 11 is 0. The molecule has 1 saturated carbocycles. The quantitative estimate of drug-likeness (QED) is 0.899. The lowest BCUT2D eigenvalue weighted by atomic mass is 9.82. The number of carbonyl (C=O) groups excluding carboxylic acids is 1. The van der Waals surface area contributed by atoms with E-state index >= 15 is 0 Å². The molecular formula is C13H21Cl2N3O. The minimum Gasteiger partial charge on any atom is -0.349 e. The summed E-state index contributed by atoms with van der Waals surface area (Å²) in [6, 6.07) is 5.66. The van der Waals surface area contributed by atoms with Crippen molar-refractivity contribution in [2.45, 2.75) is 44.2 Å². The number of carbonyl (C=O) groups is 1. The first-order valence-electron chi connectivity index (χ1n) is 6.18. The highest BCUT2D eigenvalue weighted by Gasteiger charge is 2.34. The smallest absolute Gasteiger partial charge is 0.240 e. The van der Waals surface area contributed by atoms with Crippen LogP contribution in [-0.4, -0.2) is 16.4 Å². The van der Waals surface area contributed by atoms with Crippen LogP contribution in [0.4, 0.5) is 0 Å². The van der Waals surface area contributed by atoms with Crippen molar-refractivity contribution >= 4 is 30.7 Å². The minimum atomic E-state index is -0.660. The van der Waals surface area contributed by atoms with Gasteiger partial charge in [-0.3, -0.25) is 9.78 Å². The lowest BCUT2D eigenvalue weighted by Crippen LogP contribution is -2.54. The number of nitrogens with one attached hydrogen (secondary N) is 1. The zero-order valence-corrected chi connectivity index (χ0v) is 12.4. The Morgan fingerprint density at radius 1 is 1.26 bits per heavy atom. The maximum Gasteiger partial charge on any atom is 0.240 e. The Morgan fingerprint density at radius 2 is 1.95 bits per heavy atom. The fourth-order valence-electron chi connectivity index (χ4n) is 2.26. The summed E-state index contributed by atoms with van der Waals surface area (Å²) < 4.78 is 0. The SMILES string of the molecule is Cl.Cl.NC1(C(=O)NCc2ccccn2)CCCCC1. The van der Waals surface area contributed by atoms with Gasteiger partial charge < -0.3 is 11.1 Å². The maximum absolute atomic E-state index is 12.0. The van der Waals surface area contributed by atoms with Gasteiger partial charge in [0.05, 0.1) is 17.8 Å². The molecule has 0 atom stereocenters. The summed E-state index contributed by atoms with van der Waals surface area (Å²) in [5.41, 5.74) is 6.34. The first kappa shape index (κ1) is 18.2. The monoisotopic (exact) mass is 305 g/mol. The third kappa shape index (κ3) is 4.97. The van der Waals surface area contributed by atoms with E-state index in [4.69, 9.17) is 5.73 Å². The predicted molar refractivity (Wildman–Crippen MR) is 80.6 cm³/mol. The Kier molecular flexibility index (Phi) is 7.99. The maximum atomic E-state index is 12.0. The van der Waals surface area contributed by atoms with Crippen LogP contribution in [0.3, 0.4) is 0 Å². The van der Waals surface area contributed by atoms with Gasteiger partial charge in [0.25, 0.3) is 0 Å². The van der Waals surface area contributed by atoms with E-state index in [0.717, 1.165) is 31.4 Å². The highest BCUT2D eigenvalue weighted by molar-refractivity contribution is 5.86. The van der Waals surface area contributed by atoms with Gasteiger partial charge in [0.2, 0.25) is 5.91 Å². The first-order chi connectivity index (χ1) is 8.21. The molecule has 1 heterocycles. The van der Waals surface area contributed by atoms with Crippen LogP contribution < -0.4 is 11.1 Å². The molecule has 1 fully saturated rings. The summed E-state index contributed by atoms with van der Waals surface area (Å²) in [5, 5.41) is 2.88. The number of hydrogen-bond donors (Lipinski definition) is 2. The van der Waals surface area contributed by atoms with Gasteiger partial charge in [-0.1, -0.05) is 25.3 Å². The zero-order valence-electron chi connectivity index (χ0n) is 10.8. The number of rotatable bonds is 3. The molecule has 2 rings (SSSR count). The van der Waals surface area contributed by atoms with Gasteiger partial charge in [0.1, 0.15) is 0 Å². The van der Waals surface area contributed by atoms with E-state index in [0.29, 0.717) is 6.54 Å². The van der Waals surface area contributed by atoms with Crippen molar-refractivity contribution < 1.29 is 4.79 Å². The average Bonchev–Trinajstić information content (AvgIpc) is 2.38. The van der Waals surface area contributed by atoms with Crippen LogP contribution in [0.25, 0.3) is 0 Å². The van der Waals surface area contributed by atoms with E-state index in [1.165, 1.54) is 6.42 Å². The van der Waals surface area contributed by atoms with Crippen molar-refractivity contribution in [3.63, 3.8) is 0 Å². The van der Waals surface area contributed by atoms with Gasteiger partial charge in [0.15, 0.2) is 0 Å². The topological polar surface area (TPSA) is 68.0 Å². The summed E-state index contributed by atoms with van der Waals surface area (Å²) in [5.74, 6) is -0.0390. The van der Waals surface area contributed by atoms with Crippen molar-refractivity contribution in [3.05, 3.63) is 30.1 Å². The van der Waals surface area contributed by atoms with Crippen LogP contribution in [0, 0.1) is 0 Å². The number of nitrogens with zero attached hydrogens (tertiary/aromatic N) is 1. The van der Waals surface area contributed by atoms with E-state index in [-0.39, 0.29) is 30.7 Å². The molecule has 0 aliphatic heterocycles. The normalized spacial score (nSPS) is 16.7. The summed E-state index contributed by atoms with van der Waals surface area (Å²) in [7, 11) is 0. The van der Waals surface area contributed by atoms with E-state index in [1.54, 1.807) is 6.20 Å². The molecule has 19 heavy (non-hydrogen) atoms. The van der Waals surface area contributed by atoms with Crippen molar-refractivity contribution in [2.24, 2.45) is 5.73 Å². The molecule has 1 aromatic rings. The molecule has 0 saturated heterocycles. The molecule has 1 amide bonds. The predicted octanol–water partition coefficient (Wildman–Crippen LogP) is 2.20. The molecule has 0 radical (unpaired) electrons. The Morgan fingerprint density at radius 3 is 2.53 bits per heavy atom. The summed E-state index contributed by atoms with van der Waals surface area (Å²) in [6.07, 6.45) is 6.59. The fraction of sp³-hybridized carbons (Fsp3) is 0.538. The highest BCUT2D eigenvalue weighted by atomic mass is 35.5. The van der Waals surface area contributed by atoms with Crippen molar-refractivity contribution in [3.8, 4) is 0 Å². The van der Waals surface area contributed by atoms with Gasteiger partial charge in [-0.2, -0.15) is 0 Å². The third-order valence-corrected chi connectivity index (χ3v) is 3.35. The lowest BCUT2D eigenvalue weighted by Gasteiger charge is -2.31. The van der Waals surface area contributed by atoms with Gasteiger partial charge in [-0.25, -0.2) is 0 Å². The minimum absolute atomic E-state index is 0. The fourth-order valence-corrected chi connectivity index (χ4v) is 2.26. The second-order valence-corrected chi connectivity index (χ2v) is 4.72. The molecule has 0 unspecified atom stereocenters. The van der Waals surface area contributed by atoms with Gasteiger partial charge in [-0.05, 0) is 25.0 Å². The second kappa shape index (κ2) is 8.35. The number of halogens is 2. The average molecular weight is 306 g/mol. The highest BCUT2D eigenvalue weighted by Crippen LogP contribution is 2.25. The van der Waals surface area contributed by atoms with Crippen LogP contribution in [0.15, 0.2) is 24.4 Å². The van der Waals surface area contributed by atoms with E-state index in [9.17, 15) is 4.79 Å². The Balaban J connectivity index is 0.00000162. The van der Waals surface area contributed by atoms with E-state index < -0.39 is 5.54 Å². The van der Waals surface area contributed by atoms with Crippen LogP contribution in [0.5, 0.6) is 0 Å². The Hall–Kier alpha value is -0.840. The molecule has 0 spiro atoms. The molecular weight excluding hydrogens is 285 g/mol. The van der Waals surface area contributed by atoms with Crippen molar-refractivity contribution in [1.82, 2.24) is 10.3 Å². The molecule has 0 aromatic carbocycles. The van der Waals surface area contributed by atoms with Crippen LogP contribution in [0.2, 0.25) is 0 Å². The van der Waals surface area contributed by atoms with Crippen LogP contribution in [-0.2, 0) is 11.3 Å². The molecule has 108 valence electrons. The Labute approximate surface area is 126 Å². The molecule has 1 aromatic heterocycles. The molecule has 1 aliphatic rings. The largest absolute Gasteiger partial charge is 0.349 e. The Bertz CT molecular complexity index is 381. The zero-order chi connectivity index (χ0) is 12.1. The molecule has 6 heteroatoms. The standard InChI is InChI=1S/C13H19N3O.2ClH/c14-13(7-3-1-4-8-13)12(17)16-10-11-6-2-5-9-15-11;;/h2,5-6,9H,1,3-4,7-8,10,14H2,(H,16,17);2*1H. The van der Waals surface area contributed by atoms with Gasteiger partial charge in [-0.15, -0.1) is 24.8 Å². The summed E-state index contributed by atoms with van der Waals surface area (Å²) in [4.78, 5) is 16.2. The van der Waals surface area contributed by atoms with Crippen molar-refractivity contribution in [1.29, 1.82) is 0 Å². The molecule has 4 nitrogen and oxygen atoms in total. The van der Waals surface area contributed by atoms with Crippen LogP contribution in [0.1, 0.15) is 37.8 Å². The number of hydrogen-bond acceptors (Lipinski definition) is 3. The van der Waals surface area contributed by atoms with E-state index in [2.05, 4.69) is 10.3 Å². The number of pyridine rings is 1. The van der Waals surface area contributed by atoms with Crippen LogP contribution >= 0.6 is 24.8 Å². The number of aromatic nitrogens is 1. The summed E-state index contributed by atoms with van der Waals surface area (Å²) in [6.45, 7) is 0.457. The second-order valence-electron chi connectivity index (χ2n) is 4.72. The lowest BCUT2D eigenvalue weighted by molar-refractivity contribution is -0.127. The van der Waals surface area contributed by atoms with Gasteiger partial charge in [0, 0.05) is 6.20 Å². The molecule has 1 aliphatic carbocycles. The van der Waals surface area contributed by atoms with E-state index in [1.807, 2.05) is 18.2 Å². The van der Waals surface area contributed by atoms with Crippen molar-refractivity contribution in [2.75, 3.05) is 0 Å². The first-order valence-corrected chi connectivity index (χ1v) is 6.18. The molecule has 3 N–H and O–H groups in total.